The normalized spacial score (nSPS) is 11.1. The number of fused-ring (bicyclic) bond motifs is 1. The molecule has 9 heteroatoms. The number of rotatable bonds is 5. The number of benzene rings is 2. The standard InChI is InChI=1S/C21H13ClN4O4/c22-16-6-3-13(10-18(16)26(28)29)4-8-20(27)24-15-5-7-19-17(11-15)25-21(30-19)14-2-1-9-23-12-14/h1-12H,(H,24,27)/b8-4+. The van der Waals surface area contributed by atoms with Gasteiger partial charge in [-0.3, -0.25) is 19.9 Å². The number of halogens is 1. The maximum absolute atomic E-state index is 12.2. The Morgan fingerprint density at radius 2 is 2.07 bits per heavy atom. The summed E-state index contributed by atoms with van der Waals surface area (Å²) < 4.78 is 5.72. The van der Waals surface area contributed by atoms with Crippen molar-refractivity contribution in [2.75, 3.05) is 5.32 Å². The van der Waals surface area contributed by atoms with Crippen LogP contribution in [-0.4, -0.2) is 20.8 Å². The largest absolute Gasteiger partial charge is 0.436 e. The minimum atomic E-state index is -0.577. The number of hydrogen-bond donors (Lipinski definition) is 1. The fourth-order valence-corrected chi connectivity index (χ4v) is 2.93. The molecular formula is C21H13ClN4O4. The highest BCUT2D eigenvalue weighted by Crippen LogP contribution is 2.27. The molecule has 8 nitrogen and oxygen atoms in total. The number of oxazole rings is 1. The summed E-state index contributed by atoms with van der Waals surface area (Å²) in [6.07, 6.45) is 6.06. The van der Waals surface area contributed by atoms with Crippen molar-refractivity contribution >= 4 is 46.1 Å². The van der Waals surface area contributed by atoms with Crippen LogP contribution in [0.4, 0.5) is 11.4 Å². The smallest absolute Gasteiger partial charge is 0.288 e. The number of aromatic nitrogens is 2. The molecule has 2 aromatic carbocycles. The van der Waals surface area contributed by atoms with Gasteiger partial charge in [0.2, 0.25) is 11.8 Å². The van der Waals surface area contributed by atoms with Crippen LogP contribution >= 0.6 is 11.6 Å². The van der Waals surface area contributed by atoms with Gasteiger partial charge in [0.15, 0.2) is 5.58 Å². The van der Waals surface area contributed by atoms with Gasteiger partial charge < -0.3 is 9.73 Å². The first-order valence-electron chi connectivity index (χ1n) is 8.73. The van der Waals surface area contributed by atoms with Crippen LogP contribution in [0.5, 0.6) is 0 Å². The van der Waals surface area contributed by atoms with Gasteiger partial charge in [0.25, 0.3) is 5.69 Å². The molecule has 4 aromatic rings. The van der Waals surface area contributed by atoms with Crippen LogP contribution in [0.1, 0.15) is 5.56 Å². The van der Waals surface area contributed by atoms with Crippen LogP contribution in [0.15, 0.2) is 71.4 Å². The number of carbonyl (C=O) groups is 1. The monoisotopic (exact) mass is 420 g/mol. The van der Waals surface area contributed by atoms with E-state index in [1.807, 2.05) is 6.07 Å². The van der Waals surface area contributed by atoms with Crippen molar-refractivity contribution < 1.29 is 14.1 Å². The van der Waals surface area contributed by atoms with Gasteiger partial charge in [-0.05, 0) is 48.0 Å². The molecular weight excluding hydrogens is 408 g/mol. The summed E-state index contributed by atoms with van der Waals surface area (Å²) in [5.74, 6) is 0.0359. The first-order chi connectivity index (χ1) is 14.5. The lowest BCUT2D eigenvalue weighted by molar-refractivity contribution is -0.384. The molecule has 0 saturated carbocycles. The minimum absolute atomic E-state index is 0.0353. The Kier molecular flexibility index (Phi) is 5.23. The zero-order valence-corrected chi connectivity index (χ0v) is 16.0. The number of nitro benzene ring substituents is 1. The zero-order valence-electron chi connectivity index (χ0n) is 15.3. The molecule has 4 rings (SSSR count). The Bertz CT molecular complexity index is 1280. The molecule has 0 bridgehead atoms. The quantitative estimate of drug-likeness (QED) is 0.273. The summed E-state index contributed by atoms with van der Waals surface area (Å²) in [5.41, 5.74) is 2.71. The number of nitrogens with zero attached hydrogens (tertiary/aromatic N) is 3. The van der Waals surface area contributed by atoms with Gasteiger partial charge in [-0.25, -0.2) is 4.98 Å². The second-order valence-electron chi connectivity index (χ2n) is 6.23. The predicted molar refractivity (Wildman–Crippen MR) is 113 cm³/mol. The SMILES string of the molecule is O=C(/C=C/c1ccc(Cl)c([N+](=O)[O-])c1)Nc1ccc2oc(-c3cccnc3)nc2c1. The Morgan fingerprint density at radius 1 is 1.20 bits per heavy atom. The van der Waals surface area contributed by atoms with E-state index in [-0.39, 0.29) is 10.7 Å². The molecule has 0 radical (unpaired) electrons. The van der Waals surface area contributed by atoms with E-state index in [1.54, 1.807) is 42.7 Å². The number of amides is 1. The van der Waals surface area contributed by atoms with E-state index in [9.17, 15) is 14.9 Å². The molecule has 0 aliphatic carbocycles. The molecule has 0 saturated heterocycles. The number of pyridine rings is 1. The van der Waals surface area contributed by atoms with Crippen LogP contribution in [-0.2, 0) is 4.79 Å². The highest BCUT2D eigenvalue weighted by molar-refractivity contribution is 6.32. The van der Waals surface area contributed by atoms with Crippen molar-refractivity contribution in [2.24, 2.45) is 0 Å². The molecule has 148 valence electrons. The number of anilines is 1. The molecule has 0 aliphatic rings. The van der Waals surface area contributed by atoms with Crippen molar-refractivity contribution in [3.05, 3.63) is 87.7 Å². The Morgan fingerprint density at radius 3 is 2.83 bits per heavy atom. The molecule has 1 amide bonds. The number of nitro groups is 1. The van der Waals surface area contributed by atoms with E-state index >= 15 is 0 Å². The number of hydrogen-bond acceptors (Lipinski definition) is 6. The van der Waals surface area contributed by atoms with Gasteiger partial charge in [0, 0.05) is 30.2 Å². The summed E-state index contributed by atoms with van der Waals surface area (Å²) in [6, 6.07) is 13.0. The molecule has 2 heterocycles. The predicted octanol–water partition coefficient (Wildman–Crippen LogP) is 5.10. The topological polar surface area (TPSA) is 111 Å². The van der Waals surface area contributed by atoms with Crippen LogP contribution in [0.25, 0.3) is 28.6 Å². The summed E-state index contributed by atoms with van der Waals surface area (Å²) in [4.78, 5) is 31.1. The highest BCUT2D eigenvalue weighted by Gasteiger charge is 2.12. The zero-order chi connectivity index (χ0) is 21.1. The fourth-order valence-electron chi connectivity index (χ4n) is 2.75. The van der Waals surface area contributed by atoms with Gasteiger partial charge in [0.1, 0.15) is 10.5 Å². The fraction of sp³-hybridized carbons (Fsp3) is 0. The van der Waals surface area contributed by atoms with Crippen molar-refractivity contribution in [2.45, 2.75) is 0 Å². The van der Waals surface area contributed by atoms with Gasteiger partial charge in [-0.1, -0.05) is 17.7 Å². The minimum Gasteiger partial charge on any atom is -0.436 e. The van der Waals surface area contributed by atoms with Gasteiger partial charge in [-0.15, -0.1) is 0 Å². The van der Waals surface area contributed by atoms with Gasteiger partial charge >= 0.3 is 0 Å². The first kappa shape index (κ1) is 19.3. The summed E-state index contributed by atoms with van der Waals surface area (Å²) in [7, 11) is 0. The first-order valence-corrected chi connectivity index (χ1v) is 9.11. The van der Waals surface area contributed by atoms with Crippen LogP contribution in [0.3, 0.4) is 0 Å². The second kappa shape index (κ2) is 8.14. The molecule has 0 atom stereocenters. The van der Waals surface area contributed by atoms with E-state index in [1.165, 1.54) is 24.3 Å². The van der Waals surface area contributed by atoms with E-state index in [4.69, 9.17) is 16.0 Å². The maximum Gasteiger partial charge on any atom is 0.288 e. The van der Waals surface area contributed by atoms with Crippen molar-refractivity contribution in [3.63, 3.8) is 0 Å². The summed E-state index contributed by atoms with van der Waals surface area (Å²) in [6.45, 7) is 0. The van der Waals surface area contributed by atoms with E-state index in [0.29, 0.717) is 28.2 Å². The number of carbonyl (C=O) groups excluding carboxylic acids is 1. The molecule has 0 unspecified atom stereocenters. The average Bonchev–Trinajstić information content (AvgIpc) is 3.17. The lowest BCUT2D eigenvalue weighted by atomic mass is 10.2. The molecule has 30 heavy (non-hydrogen) atoms. The molecule has 1 N–H and O–H groups in total. The number of nitrogens with one attached hydrogen (secondary N) is 1. The third-order valence-corrected chi connectivity index (χ3v) is 4.48. The Labute approximate surface area is 175 Å². The molecule has 0 fully saturated rings. The van der Waals surface area contributed by atoms with Crippen molar-refractivity contribution in [1.82, 2.24) is 9.97 Å². The average molecular weight is 421 g/mol. The lowest BCUT2D eigenvalue weighted by Gasteiger charge is -2.01. The van der Waals surface area contributed by atoms with Crippen LogP contribution < -0.4 is 5.32 Å². The van der Waals surface area contributed by atoms with Gasteiger partial charge in [0.05, 0.1) is 10.5 Å². The molecule has 0 spiro atoms. The van der Waals surface area contributed by atoms with Crippen LogP contribution in [0, 0.1) is 10.1 Å². The van der Waals surface area contributed by atoms with Crippen molar-refractivity contribution in [3.8, 4) is 11.5 Å². The third-order valence-electron chi connectivity index (χ3n) is 4.16. The molecule has 2 aromatic heterocycles. The lowest BCUT2D eigenvalue weighted by Crippen LogP contribution is -2.07. The Hall–Kier alpha value is -4.04. The maximum atomic E-state index is 12.2. The highest BCUT2D eigenvalue weighted by atomic mass is 35.5. The second-order valence-corrected chi connectivity index (χ2v) is 6.64. The summed E-state index contributed by atoms with van der Waals surface area (Å²) in [5, 5.41) is 13.7. The van der Waals surface area contributed by atoms with E-state index in [2.05, 4.69) is 15.3 Å². The van der Waals surface area contributed by atoms with Gasteiger partial charge in [-0.2, -0.15) is 0 Å². The molecule has 0 aliphatic heterocycles. The Balaban J connectivity index is 1.50. The third kappa shape index (κ3) is 4.18. The van der Waals surface area contributed by atoms with Crippen molar-refractivity contribution in [1.29, 1.82) is 0 Å². The summed E-state index contributed by atoms with van der Waals surface area (Å²) >= 11 is 5.79. The van der Waals surface area contributed by atoms with Crippen LogP contribution in [0.2, 0.25) is 5.02 Å². The van der Waals surface area contributed by atoms with E-state index < -0.39 is 10.8 Å². The van der Waals surface area contributed by atoms with E-state index in [0.717, 1.165) is 5.56 Å².